The molecule has 2 bridgehead atoms. The van der Waals surface area contributed by atoms with Crippen LogP contribution in [0.4, 0.5) is 0 Å². The number of nitrogens with zero attached hydrogens (tertiary/aromatic N) is 1. The summed E-state index contributed by atoms with van der Waals surface area (Å²) in [6.45, 7) is 2.03. The summed E-state index contributed by atoms with van der Waals surface area (Å²) >= 11 is 0. The lowest BCUT2D eigenvalue weighted by molar-refractivity contribution is -0.149. The van der Waals surface area contributed by atoms with Gasteiger partial charge in [0.1, 0.15) is 6.04 Å². The molecule has 1 saturated heterocycles. The monoisotopic (exact) mass is 247 g/mol. The second kappa shape index (κ2) is 4.00. The number of fused-ring (bicyclic) bond motifs is 2. The van der Waals surface area contributed by atoms with Crippen LogP contribution in [0.1, 0.15) is 26.2 Å². The Bertz CT molecular complexity index is 392. The van der Waals surface area contributed by atoms with Gasteiger partial charge in [-0.05, 0) is 32.1 Å². The van der Waals surface area contributed by atoms with Gasteiger partial charge in [0.2, 0.25) is 10.0 Å². The summed E-state index contributed by atoms with van der Waals surface area (Å²) < 4.78 is 29.6. The topological polar surface area (TPSA) is 63.7 Å². The number of esters is 1. The van der Waals surface area contributed by atoms with Gasteiger partial charge in [-0.2, -0.15) is 4.31 Å². The van der Waals surface area contributed by atoms with Crippen LogP contribution >= 0.6 is 0 Å². The fourth-order valence-electron chi connectivity index (χ4n) is 2.95. The molecule has 1 heterocycles. The number of rotatable bonds is 3. The first-order valence-corrected chi connectivity index (χ1v) is 7.45. The Kier molecular flexibility index (Phi) is 2.96. The van der Waals surface area contributed by atoms with E-state index in [0.29, 0.717) is 6.61 Å². The molecule has 0 aromatic rings. The number of carbonyl (C=O) groups excluding carboxylic acids is 1. The molecule has 0 aromatic heterocycles. The molecule has 2 aliphatic rings. The molecule has 0 amide bonds. The molecule has 1 aliphatic heterocycles. The van der Waals surface area contributed by atoms with Gasteiger partial charge in [-0.1, -0.05) is 0 Å². The number of hydrogen-bond donors (Lipinski definition) is 0. The van der Waals surface area contributed by atoms with E-state index in [4.69, 9.17) is 4.74 Å². The number of ether oxygens (including phenoxy) is 1. The van der Waals surface area contributed by atoms with E-state index in [1.165, 1.54) is 10.6 Å². The first kappa shape index (κ1) is 11.9. The van der Waals surface area contributed by atoms with Gasteiger partial charge in [-0.3, -0.25) is 4.79 Å². The largest absolute Gasteiger partial charge is 0.465 e. The van der Waals surface area contributed by atoms with Crippen LogP contribution in [0.5, 0.6) is 0 Å². The van der Waals surface area contributed by atoms with Gasteiger partial charge in [0.25, 0.3) is 0 Å². The van der Waals surface area contributed by atoms with Gasteiger partial charge in [-0.25, -0.2) is 8.42 Å². The molecule has 1 saturated carbocycles. The molecular weight excluding hydrogens is 230 g/mol. The Morgan fingerprint density at radius 2 is 2.12 bits per heavy atom. The molecule has 92 valence electrons. The fraction of sp³-hybridized carbons (Fsp3) is 0.900. The fourth-order valence-corrected chi connectivity index (χ4v) is 4.35. The first-order valence-electron chi connectivity index (χ1n) is 5.60. The number of sulfonamides is 1. The molecule has 0 unspecified atom stereocenters. The summed E-state index contributed by atoms with van der Waals surface area (Å²) in [7, 11) is -3.31. The lowest BCUT2D eigenvalue weighted by atomic mass is 10.0. The Balaban J connectivity index is 2.25. The van der Waals surface area contributed by atoms with Crippen molar-refractivity contribution >= 4 is 16.0 Å². The molecule has 6 heteroatoms. The van der Waals surface area contributed by atoms with Crippen LogP contribution in [0.3, 0.4) is 0 Å². The van der Waals surface area contributed by atoms with Crippen LogP contribution in [-0.2, 0) is 19.6 Å². The van der Waals surface area contributed by atoms with Crippen molar-refractivity contribution in [3.05, 3.63) is 0 Å². The Morgan fingerprint density at radius 1 is 1.44 bits per heavy atom. The molecule has 0 radical (unpaired) electrons. The van der Waals surface area contributed by atoms with Crippen molar-refractivity contribution in [2.24, 2.45) is 5.92 Å². The highest BCUT2D eigenvalue weighted by Crippen LogP contribution is 2.44. The molecule has 2 fully saturated rings. The third kappa shape index (κ3) is 1.84. The van der Waals surface area contributed by atoms with Gasteiger partial charge in [0.05, 0.1) is 12.9 Å². The lowest BCUT2D eigenvalue weighted by Gasteiger charge is -2.31. The Hall–Kier alpha value is -0.620. The van der Waals surface area contributed by atoms with Crippen molar-refractivity contribution in [2.45, 2.75) is 38.3 Å². The van der Waals surface area contributed by atoms with Crippen LogP contribution in [0.2, 0.25) is 0 Å². The van der Waals surface area contributed by atoms with E-state index in [0.717, 1.165) is 19.3 Å². The van der Waals surface area contributed by atoms with Crippen LogP contribution in [0, 0.1) is 5.92 Å². The normalized spacial score (nSPS) is 34.2. The van der Waals surface area contributed by atoms with E-state index in [1.807, 2.05) is 0 Å². The van der Waals surface area contributed by atoms with Crippen molar-refractivity contribution in [2.75, 3.05) is 12.9 Å². The molecule has 1 aliphatic carbocycles. The molecule has 0 spiro atoms. The molecule has 3 atom stereocenters. The maximum atomic E-state index is 11.8. The predicted octanol–water partition coefficient (Wildman–Crippen LogP) is 0.362. The number of piperidine rings is 1. The van der Waals surface area contributed by atoms with Crippen molar-refractivity contribution in [3.63, 3.8) is 0 Å². The average molecular weight is 247 g/mol. The van der Waals surface area contributed by atoms with E-state index in [-0.39, 0.29) is 17.9 Å². The van der Waals surface area contributed by atoms with E-state index in [1.54, 1.807) is 6.92 Å². The van der Waals surface area contributed by atoms with Gasteiger partial charge in [0.15, 0.2) is 0 Å². The smallest absolute Gasteiger partial charge is 0.324 e. The molecule has 0 aromatic carbocycles. The SMILES string of the molecule is CCOC(=O)[C@@H]1[C@H]2CC[C@@H](C2)N1S(C)(=O)=O. The maximum absolute atomic E-state index is 11.8. The van der Waals surface area contributed by atoms with E-state index < -0.39 is 16.1 Å². The summed E-state index contributed by atoms with van der Waals surface area (Å²) in [6, 6.07) is -0.567. The van der Waals surface area contributed by atoms with Gasteiger partial charge >= 0.3 is 5.97 Å². The van der Waals surface area contributed by atoms with Crippen LogP contribution < -0.4 is 0 Å². The highest BCUT2D eigenvalue weighted by Gasteiger charge is 2.53. The zero-order chi connectivity index (χ0) is 11.9. The highest BCUT2D eigenvalue weighted by atomic mass is 32.2. The first-order chi connectivity index (χ1) is 7.45. The van der Waals surface area contributed by atoms with E-state index in [2.05, 4.69) is 0 Å². The van der Waals surface area contributed by atoms with Gasteiger partial charge < -0.3 is 4.74 Å². The summed E-state index contributed by atoms with van der Waals surface area (Å²) in [6.07, 6.45) is 3.77. The zero-order valence-corrected chi connectivity index (χ0v) is 10.4. The third-order valence-corrected chi connectivity index (χ3v) is 4.73. The number of carbonyl (C=O) groups is 1. The minimum absolute atomic E-state index is 0.00871. The van der Waals surface area contributed by atoms with Crippen molar-refractivity contribution in [1.29, 1.82) is 0 Å². The van der Waals surface area contributed by atoms with Crippen LogP contribution in [0.25, 0.3) is 0 Å². The van der Waals surface area contributed by atoms with Gasteiger partial charge in [-0.15, -0.1) is 0 Å². The minimum atomic E-state index is -3.31. The van der Waals surface area contributed by atoms with Crippen molar-refractivity contribution < 1.29 is 17.9 Å². The van der Waals surface area contributed by atoms with Gasteiger partial charge in [0, 0.05) is 6.04 Å². The second-order valence-electron chi connectivity index (χ2n) is 4.52. The van der Waals surface area contributed by atoms with E-state index >= 15 is 0 Å². The molecule has 16 heavy (non-hydrogen) atoms. The number of hydrogen-bond acceptors (Lipinski definition) is 4. The minimum Gasteiger partial charge on any atom is -0.465 e. The van der Waals surface area contributed by atoms with Crippen LogP contribution in [0.15, 0.2) is 0 Å². The lowest BCUT2D eigenvalue weighted by Crippen LogP contribution is -2.49. The van der Waals surface area contributed by atoms with E-state index in [9.17, 15) is 13.2 Å². The molecule has 5 nitrogen and oxygen atoms in total. The average Bonchev–Trinajstić information content (AvgIpc) is 2.74. The zero-order valence-electron chi connectivity index (χ0n) is 9.55. The predicted molar refractivity (Wildman–Crippen MR) is 58.2 cm³/mol. The highest BCUT2D eigenvalue weighted by molar-refractivity contribution is 7.88. The van der Waals surface area contributed by atoms with Crippen molar-refractivity contribution in [3.8, 4) is 0 Å². The summed E-state index contributed by atoms with van der Waals surface area (Å²) in [4.78, 5) is 11.8. The summed E-state index contributed by atoms with van der Waals surface area (Å²) in [5.74, 6) is -0.237. The summed E-state index contributed by atoms with van der Waals surface area (Å²) in [5.41, 5.74) is 0. The Morgan fingerprint density at radius 3 is 2.69 bits per heavy atom. The molecular formula is C10H17NO4S. The maximum Gasteiger partial charge on any atom is 0.324 e. The quantitative estimate of drug-likeness (QED) is 0.676. The standard InChI is InChI=1S/C10H17NO4S/c1-3-15-10(12)9-7-4-5-8(6-7)11(9)16(2,13)14/h7-9H,3-6H2,1-2H3/t7-,8-,9-/m0/s1. The summed E-state index contributed by atoms with van der Waals surface area (Å²) in [5, 5.41) is 0. The second-order valence-corrected chi connectivity index (χ2v) is 6.40. The Labute approximate surface area is 95.8 Å². The van der Waals surface area contributed by atoms with Crippen molar-refractivity contribution in [1.82, 2.24) is 4.31 Å². The molecule has 2 rings (SSSR count). The van der Waals surface area contributed by atoms with Crippen LogP contribution in [-0.4, -0.2) is 43.6 Å². The molecule has 0 N–H and O–H groups in total. The third-order valence-electron chi connectivity index (χ3n) is 3.44.